The Balaban J connectivity index is 2.36. The lowest BCUT2D eigenvalue weighted by molar-refractivity contribution is 0.426. The van der Waals surface area contributed by atoms with Gasteiger partial charge in [-0.05, 0) is 23.6 Å². The topological polar surface area (TPSA) is 75.4 Å². The predicted octanol–water partition coefficient (Wildman–Crippen LogP) is 2.24. The number of hydrazine groups is 1. The van der Waals surface area contributed by atoms with Crippen molar-refractivity contribution in [1.29, 1.82) is 0 Å². The molecule has 3 N–H and O–H groups in total. The summed E-state index contributed by atoms with van der Waals surface area (Å²) in [7, 11) is -3.57. The highest BCUT2D eigenvalue weighted by molar-refractivity contribution is 7.89. The number of para-hydroxylation sites is 1. The number of hydrogen-bond acceptors (Lipinski definition) is 5. The molecule has 0 aliphatic rings. The zero-order valence-electron chi connectivity index (χ0n) is 11.1. The van der Waals surface area contributed by atoms with E-state index in [2.05, 4.69) is 5.43 Å². The van der Waals surface area contributed by atoms with E-state index in [1.807, 2.05) is 24.4 Å². The van der Waals surface area contributed by atoms with Crippen LogP contribution in [0.15, 0.2) is 46.7 Å². The lowest BCUT2D eigenvalue weighted by Gasteiger charge is -2.21. The molecule has 0 aliphatic heterocycles. The van der Waals surface area contributed by atoms with Gasteiger partial charge in [0.05, 0.1) is 5.69 Å². The normalized spacial score (nSPS) is 11.8. The quantitative estimate of drug-likeness (QED) is 0.634. The fraction of sp³-hybridized carbons (Fsp3) is 0.231. The van der Waals surface area contributed by atoms with Crippen molar-refractivity contribution in [3.8, 4) is 0 Å². The van der Waals surface area contributed by atoms with Gasteiger partial charge in [-0.2, -0.15) is 4.31 Å². The number of nitrogens with one attached hydrogen (secondary N) is 1. The third-order valence-corrected chi connectivity index (χ3v) is 5.77. The molecule has 0 fully saturated rings. The summed E-state index contributed by atoms with van der Waals surface area (Å²) < 4.78 is 26.8. The minimum Gasteiger partial charge on any atom is -0.323 e. The van der Waals surface area contributed by atoms with Gasteiger partial charge in [0.1, 0.15) is 4.90 Å². The Bertz CT molecular complexity index is 654. The Morgan fingerprint density at radius 1 is 1.25 bits per heavy atom. The first-order valence-electron chi connectivity index (χ1n) is 6.17. The molecule has 0 unspecified atom stereocenters. The van der Waals surface area contributed by atoms with Crippen molar-refractivity contribution >= 4 is 27.0 Å². The van der Waals surface area contributed by atoms with Crippen molar-refractivity contribution in [3.63, 3.8) is 0 Å². The smallest absolute Gasteiger partial charge is 0.245 e. The lowest BCUT2D eigenvalue weighted by Crippen LogP contribution is -2.31. The number of nitrogen functional groups attached to an aromatic ring is 1. The van der Waals surface area contributed by atoms with Crippen molar-refractivity contribution < 1.29 is 8.42 Å². The second kappa shape index (κ2) is 6.36. The average Bonchev–Trinajstić information content (AvgIpc) is 2.97. The molecule has 0 atom stereocenters. The van der Waals surface area contributed by atoms with Gasteiger partial charge >= 0.3 is 0 Å². The summed E-state index contributed by atoms with van der Waals surface area (Å²) in [5, 5.41) is 1.94. The first kappa shape index (κ1) is 15.0. The van der Waals surface area contributed by atoms with Crippen molar-refractivity contribution in [1.82, 2.24) is 4.31 Å². The van der Waals surface area contributed by atoms with Gasteiger partial charge in [-0.15, -0.1) is 11.3 Å². The van der Waals surface area contributed by atoms with Gasteiger partial charge in [-0.1, -0.05) is 25.1 Å². The molecule has 1 aromatic carbocycles. The highest BCUT2D eigenvalue weighted by Crippen LogP contribution is 2.25. The number of nitrogens with two attached hydrogens (primary N) is 1. The highest BCUT2D eigenvalue weighted by atomic mass is 32.2. The van der Waals surface area contributed by atoms with Gasteiger partial charge < -0.3 is 5.43 Å². The lowest BCUT2D eigenvalue weighted by atomic mass is 10.3. The van der Waals surface area contributed by atoms with E-state index in [1.54, 1.807) is 35.6 Å². The highest BCUT2D eigenvalue weighted by Gasteiger charge is 2.25. The van der Waals surface area contributed by atoms with Crippen molar-refractivity contribution in [3.05, 3.63) is 46.7 Å². The summed E-state index contributed by atoms with van der Waals surface area (Å²) in [6.07, 6.45) is 0. The molecule has 2 rings (SSSR count). The third kappa shape index (κ3) is 3.01. The van der Waals surface area contributed by atoms with Crippen LogP contribution in [-0.2, 0) is 16.6 Å². The molecule has 0 saturated carbocycles. The SMILES string of the molecule is CCN(Cc1cccs1)S(=O)(=O)c1ccccc1NN. The fourth-order valence-corrected chi connectivity index (χ4v) is 4.28. The minimum atomic E-state index is -3.57. The van der Waals surface area contributed by atoms with Crippen molar-refractivity contribution in [2.24, 2.45) is 5.84 Å². The van der Waals surface area contributed by atoms with Gasteiger partial charge in [-0.3, -0.25) is 5.84 Å². The first-order valence-corrected chi connectivity index (χ1v) is 8.49. The second-order valence-corrected chi connectivity index (χ2v) is 7.09. The van der Waals surface area contributed by atoms with Crippen LogP contribution >= 0.6 is 11.3 Å². The summed E-state index contributed by atoms with van der Waals surface area (Å²) in [4.78, 5) is 1.20. The Kier molecular flexibility index (Phi) is 4.77. The molecule has 1 aromatic heterocycles. The van der Waals surface area contributed by atoms with Crippen LogP contribution in [0.5, 0.6) is 0 Å². The number of anilines is 1. The maximum Gasteiger partial charge on any atom is 0.245 e. The van der Waals surface area contributed by atoms with Gasteiger partial charge in [-0.25, -0.2) is 8.42 Å². The number of hydrogen-bond donors (Lipinski definition) is 2. The molecule has 0 aliphatic carbocycles. The van der Waals surface area contributed by atoms with Crippen LogP contribution < -0.4 is 11.3 Å². The van der Waals surface area contributed by atoms with Gasteiger partial charge in [0.2, 0.25) is 10.0 Å². The maximum atomic E-state index is 12.7. The van der Waals surface area contributed by atoms with E-state index < -0.39 is 10.0 Å². The molecular formula is C13H17N3O2S2. The van der Waals surface area contributed by atoms with E-state index >= 15 is 0 Å². The number of thiophene rings is 1. The first-order chi connectivity index (χ1) is 9.59. The van der Waals surface area contributed by atoms with Crippen LogP contribution in [0.2, 0.25) is 0 Å². The fourth-order valence-electron chi connectivity index (χ4n) is 1.89. The van der Waals surface area contributed by atoms with Crippen molar-refractivity contribution in [2.75, 3.05) is 12.0 Å². The Morgan fingerprint density at radius 3 is 2.60 bits per heavy atom. The second-order valence-electron chi connectivity index (χ2n) is 4.15. The molecule has 108 valence electrons. The van der Waals surface area contributed by atoms with Gasteiger partial charge in [0.15, 0.2) is 0 Å². The van der Waals surface area contributed by atoms with Crippen LogP contribution in [0.25, 0.3) is 0 Å². The number of nitrogens with zero attached hydrogens (tertiary/aromatic N) is 1. The molecule has 1 heterocycles. The van der Waals surface area contributed by atoms with Gasteiger partial charge in [0.25, 0.3) is 0 Å². The monoisotopic (exact) mass is 311 g/mol. The molecule has 7 heteroatoms. The maximum absolute atomic E-state index is 12.7. The van der Waals surface area contributed by atoms with E-state index in [9.17, 15) is 8.42 Å². The molecule has 2 aromatic rings. The summed E-state index contributed by atoms with van der Waals surface area (Å²) in [6, 6.07) is 10.5. The standard InChI is InChI=1S/C13H17N3O2S2/c1-2-16(10-11-6-5-9-19-11)20(17,18)13-8-4-3-7-12(13)15-14/h3-9,15H,2,10,14H2,1H3. The largest absolute Gasteiger partial charge is 0.323 e. The van der Waals surface area contributed by atoms with Gasteiger partial charge in [0, 0.05) is 18.0 Å². The summed E-state index contributed by atoms with van der Waals surface area (Å²) in [5.74, 6) is 5.39. The zero-order chi connectivity index (χ0) is 14.6. The van der Waals surface area contributed by atoms with E-state index in [-0.39, 0.29) is 4.90 Å². The van der Waals surface area contributed by atoms with E-state index in [0.717, 1.165) is 4.88 Å². The Hall–Kier alpha value is -1.41. The molecule has 0 saturated heterocycles. The molecule has 0 amide bonds. The van der Waals surface area contributed by atoms with Crippen molar-refractivity contribution in [2.45, 2.75) is 18.4 Å². The summed E-state index contributed by atoms with van der Waals surface area (Å²) in [5.41, 5.74) is 2.84. The van der Waals surface area contributed by atoms with Crippen LogP contribution in [-0.4, -0.2) is 19.3 Å². The summed E-state index contributed by atoms with van der Waals surface area (Å²) in [6.45, 7) is 2.60. The number of benzene rings is 1. The molecular weight excluding hydrogens is 294 g/mol. The van der Waals surface area contributed by atoms with E-state index in [0.29, 0.717) is 18.8 Å². The predicted molar refractivity (Wildman–Crippen MR) is 81.8 cm³/mol. The van der Waals surface area contributed by atoms with E-state index in [4.69, 9.17) is 5.84 Å². The minimum absolute atomic E-state index is 0.195. The molecule has 20 heavy (non-hydrogen) atoms. The van der Waals surface area contributed by atoms with Crippen LogP contribution in [0.3, 0.4) is 0 Å². The number of rotatable bonds is 6. The number of sulfonamides is 1. The summed E-state index contributed by atoms with van der Waals surface area (Å²) >= 11 is 1.54. The zero-order valence-corrected chi connectivity index (χ0v) is 12.7. The third-order valence-electron chi connectivity index (χ3n) is 2.93. The molecule has 0 spiro atoms. The Labute approximate surface area is 123 Å². The average molecular weight is 311 g/mol. The molecule has 0 bridgehead atoms. The van der Waals surface area contributed by atoms with Crippen LogP contribution in [0.4, 0.5) is 5.69 Å². The van der Waals surface area contributed by atoms with Crippen LogP contribution in [0, 0.1) is 0 Å². The Morgan fingerprint density at radius 2 is 2.00 bits per heavy atom. The van der Waals surface area contributed by atoms with Crippen LogP contribution in [0.1, 0.15) is 11.8 Å². The van der Waals surface area contributed by atoms with E-state index in [1.165, 1.54) is 4.31 Å². The molecule has 5 nitrogen and oxygen atoms in total. The molecule has 0 radical (unpaired) electrons.